The van der Waals surface area contributed by atoms with E-state index in [1.54, 1.807) is 0 Å². The Kier molecular flexibility index (Phi) is 28.5. The fourth-order valence-electron chi connectivity index (χ4n) is 0. The summed E-state index contributed by atoms with van der Waals surface area (Å²) in [6, 6.07) is 0. The highest BCUT2D eigenvalue weighted by atomic mass is 17.1. The average Bonchev–Trinajstić information content (AvgIpc) is 2.20. The second-order valence-corrected chi connectivity index (χ2v) is 2.12. The molecule has 0 spiro atoms. The van der Waals surface area contributed by atoms with Gasteiger partial charge in [0, 0.05) is 13.8 Å². The van der Waals surface area contributed by atoms with Crippen LogP contribution in [0.4, 0.5) is 0 Å². The molecule has 0 bridgehead atoms. The van der Waals surface area contributed by atoms with Gasteiger partial charge in [-0.2, -0.15) is 5.26 Å². The van der Waals surface area contributed by atoms with Crippen LogP contribution in [0.3, 0.4) is 0 Å². The van der Waals surface area contributed by atoms with Gasteiger partial charge in [-0.3, -0.25) is 15.3 Å². The van der Waals surface area contributed by atoms with Crippen molar-refractivity contribution < 1.29 is 50.4 Å². The van der Waals surface area contributed by atoms with Gasteiger partial charge in [-0.1, -0.05) is 0 Å². The smallest absolute Gasteiger partial charge is 0.339 e. The molecule has 0 aromatic heterocycles. The van der Waals surface area contributed by atoms with Crippen LogP contribution in [0.25, 0.3) is 0 Å². The summed E-state index contributed by atoms with van der Waals surface area (Å²) in [5, 5.41) is 42.5. The molecule has 10 nitrogen and oxygen atoms in total. The van der Waals surface area contributed by atoms with Crippen LogP contribution >= 0.6 is 0 Å². The summed E-state index contributed by atoms with van der Waals surface area (Å²) in [7, 11) is 0. The molecule has 0 fully saturated rings. The Bertz CT molecular complexity index is 195. The molecule has 0 saturated heterocycles. The van der Waals surface area contributed by atoms with Crippen molar-refractivity contribution >= 4 is 17.9 Å². The summed E-state index contributed by atoms with van der Waals surface area (Å²) < 4.78 is 0. The number of carboxylic acid groups (broad SMARTS) is 2. The number of hydrogen-bond acceptors (Lipinski definition) is 8. The Morgan fingerprint density at radius 3 is 1.18 bits per heavy atom. The highest BCUT2D eigenvalue weighted by Gasteiger charge is 2.01. The predicted octanol–water partition coefficient (Wildman–Crippen LogP) is -0.417. The maximum absolute atomic E-state index is 9.45. The van der Waals surface area contributed by atoms with Gasteiger partial charge in [-0.15, -0.1) is 0 Å². The Balaban J connectivity index is -0.0000000705. The van der Waals surface area contributed by atoms with Crippen LogP contribution in [-0.4, -0.2) is 55.1 Å². The van der Waals surface area contributed by atoms with Crippen molar-refractivity contribution in [3.05, 3.63) is 0 Å². The third kappa shape index (κ3) is 118. The first-order chi connectivity index (χ1) is 7.64. The topological polar surface area (TPSA) is 182 Å². The third-order valence-electron chi connectivity index (χ3n) is 0.486. The highest BCUT2D eigenvalue weighted by Crippen LogP contribution is 1.73. The lowest BCUT2D eigenvalue weighted by atomic mass is 10.4. The summed E-state index contributed by atoms with van der Waals surface area (Å²) >= 11 is 0. The molecule has 0 aliphatic carbocycles. The van der Waals surface area contributed by atoms with E-state index in [1.807, 2.05) is 0 Å². The number of aliphatic carboxylic acids is 2. The summed E-state index contributed by atoms with van der Waals surface area (Å²) in [6.07, 6.45) is -1.23. The lowest BCUT2D eigenvalue weighted by molar-refractivity contribution is -0.231. The van der Waals surface area contributed by atoms with Gasteiger partial charge in [0.1, 0.15) is 6.10 Å². The Hall–Kier alpha value is -1.75. The van der Waals surface area contributed by atoms with Crippen LogP contribution in [0, 0.1) is 0 Å². The van der Waals surface area contributed by atoms with Gasteiger partial charge in [0.2, 0.25) is 0 Å². The second kappa shape index (κ2) is 19.8. The van der Waals surface area contributed by atoms with E-state index in [0.717, 1.165) is 13.8 Å². The third-order valence-corrected chi connectivity index (χ3v) is 0.486. The summed E-state index contributed by atoms with van der Waals surface area (Å²) in [5.41, 5.74) is 0. The monoisotopic (exact) mass is 260 g/mol. The maximum Gasteiger partial charge on any atom is 0.339 e. The summed E-state index contributed by atoms with van der Waals surface area (Å²) in [6.45, 7) is 3.39. The maximum atomic E-state index is 9.45. The average molecular weight is 260 g/mol. The zero-order valence-corrected chi connectivity index (χ0v) is 9.39. The van der Waals surface area contributed by atoms with Crippen molar-refractivity contribution in [2.45, 2.75) is 26.9 Å². The number of hydrogen-bond donors (Lipinski definition) is 6. The molecule has 1 atom stereocenters. The predicted molar refractivity (Wildman–Crippen MR) is 52.3 cm³/mol. The van der Waals surface area contributed by atoms with Gasteiger partial charge in [0.25, 0.3) is 5.97 Å². The van der Waals surface area contributed by atoms with Gasteiger partial charge >= 0.3 is 11.9 Å². The molecule has 1 unspecified atom stereocenters. The molecule has 6 N–H and O–H groups in total. The van der Waals surface area contributed by atoms with E-state index in [0.29, 0.717) is 0 Å². The van der Waals surface area contributed by atoms with E-state index in [1.165, 1.54) is 6.92 Å². The molecule has 0 amide bonds. The largest absolute Gasteiger partial charge is 0.481 e. The normalized spacial score (nSPS) is 8.65. The van der Waals surface area contributed by atoms with Gasteiger partial charge in [0.15, 0.2) is 0 Å². The zero-order valence-electron chi connectivity index (χ0n) is 9.39. The van der Waals surface area contributed by atoms with Gasteiger partial charge < -0.3 is 20.2 Å². The lowest BCUT2D eigenvalue weighted by Gasteiger charge is -1.89. The minimum Gasteiger partial charge on any atom is -0.481 e. The minimum atomic E-state index is -1.23. The van der Waals surface area contributed by atoms with Crippen LogP contribution in [0.1, 0.15) is 20.8 Å². The van der Waals surface area contributed by atoms with Crippen LogP contribution < -0.4 is 0 Å². The molecular weight excluding hydrogens is 244 g/mol. The van der Waals surface area contributed by atoms with E-state index in [4.69, 9.17) is 35.9 Å². The van der Waals surface area contributed by atoms with Crippen molar-refractivity contribution in [3.63, 3.8) is 0 Å². The summed E-state index contributed by atoms with van der Waals surface area (Å²) in [5.74, 6) is -2.71. The van der Waals surface area contributed by atoms with E-state index in [9.17, 15) is 9.59 Å². The number of carboxylic acids is 2. The number of carbonyl (C=O) groups is 3. The van der Waals surface area contributed by atoms with Gasteiger partial charge in [-0.25, -0.2) is 9.59 Å². The molecule has 0 aliphatic heterocycles. The molecule has 0 aliphatic rings. The van der Waals surface area contributed by atoms with Crippen molar-refractivity contribution in [1.82, 2.24) is 0 Å². The summed E-state index contributed by atoms with van der Waals surface area (Å²) in [4.78, 5) is 30.9. The standard InChI is InChI=1S/C3H6O3.C2H4O3.C2H4O2.H2O2/c1-2(4)3(5)6;1-2(3)5-4;1-2(3)4;1-2/h2,4H,1H3,(H,5,6);4H,1H3;1H3,(H,3,4);1-2H. The van der Waals surface area contributed by atoms with E-state index in [2.05, 4.69) is 4.89 Å². The molecule has 0 saturated carbocycles. The second-order valence-electron chi connectivity index (χ2n) is 2.12. The van der Waals surface area contributed by atoms with E-state index in [-0.39, 0.29) is 0 Å². The molecule has 0 radical (unpaired) electrons. The molecular formula is C7H16O10. The van der Waals surface area contributed by atoms with Crippen LogP contribution in [0.5, 0.6) is 0 Å². The van der Waals surface area contributed by atoms with Crippen molar-refractivity contribution in [2.75, 3.05) is 0 Å². The molecule has 0 heterocycles. The van der Waals surface area contributed by atoms with Crippen LogP contribution in [0.15, 0.2) is 0 Å². The Morgan fingerprint density at radius 1 is 1.06 bits per heavy atom. The van der Waals surface area contributed by atoms with Crippen molar-refractivity contribution in [2.24, 2.45) is 0 Å². The minimum absolute atomic E-state index is 0.690. The van der Waals surface area contributed by atoms with Crippen molar-refractivity contribution in [3.8, 4) is 0 Å². The number of carbonyl (C=O) groups excluding carboxylic acids is 1. The van der Waals surface area contributed by atoms with Gasteiger partial charge in [0.05, 0.1) is 0 Å². The zero-order chi connectivity index (χ0) is 15.0. The number of rotatable bonds is 1. The molecule has 104 valence electrons. The number of aliphatic hydroxyl groups excluding tert-OH is 1. The Morgan fingerprint density at radius 2 is 1.18 bits per heavy atom. The quantitative estimate of drug-likeness (QED) is 0.267. The first-order valence-corrected chi connectivity index (χ1v) is 3.77. The Labute approximate surface area is 96.2 Å². The van der Waals surface area contributed by atoms with Crippen LogP contribution in [0.2, 0.25) is 0 Å². The fourth-order valence-corrected chi connectivity index (χ4v) is 0. The number of aliphatic hydroxyl groups is 1. The molecule has 17 heavy (non-hydrogen) atoms. The lowest BCUT2D eigenvalue weighted by Crippen LogP contribution is -2.13. The molecule has 0 aromatic carbocycles. The molecule has 10 heteroatoms. The molecule has 0 aromatic rings. The van der Waals surface area contributed by atoms with Crippen LogP contribution in [-0.2, 0) is 19.3 Å². The SMILES string of the molecule is CC(=O)O.CC(=O)OO.CC(O)C(=O)O.OO. The van der Waals surface area contributed by atoms with E-state index < -0.39 is 24.0 Å². The fraction of sp³-hybridized carbons (Fsp3) is 0.571. The first kappa shape index (κ1) is 24.5. The highest BCUT2D eigenvalue weighted by molar-refractivity contribution is 5.71. The van der Waals surface area contributed by atoms with Crippen molar-refractivity contribution in [1.29, 1.82) is 0 Å². The van der Waals surface area contributed by atoms with E-state index >= 15 is 0 Å². The van der Waals surface area contributed by atoms with Gasteiger partial charge in [-0.05, 0) is 6.92 Å². The molecule has 0 rings (SSSR count). The first-order valence-electron chi connectivity index (χ1n) is 3.77.